The number of Topliss-reactive ketones (excluding diaryl/α,β-unsaturated/α-hetero) is 1. The monoisotopic (exact) mass is 373 g/mol. The lowest BCUT2D eigenvalue weighted by molar-refractivity contribution is -0.137. The molecule has 2 atom stereocenters. The van der Waals surface area contributed by atoms with Crippen molar-refractivity contribution < 1.29 is 34.1 Å². The summed E-state index contributed by atoms with van der Waals surface area (Å²) in [6.45, 7) is 6.53. The van der Waals surface area contributed by atoms with Gasteiger partial charge in [0, 0.05) is 11.4 Å². The number of nitrogens with one attached hydrogen (secondary N) is 1. The van der Waals surface area contributed by atoms with Gasteiger partial charge < -0.3 is 25.0 Å². The van der Waals surface area contributed by atoms with Gasteiger partial charge in [0.25, 0.3) is 5.78 Å². The van der Waals surface area contributed by atoms with Gasteiger partial charge in [-0.1, -0.05) is 0 Å². The first-order valence-electron chi connectivity index (χ1n) is 7.69. The second-order valence-corrected chi connectivity index (χ2v) is 7.26. The summed E-state index contributed by atoms with van der Waals surface area (Å²) < 4.78 is 9.65. The third kappa shape index (κ3) is 6.81. The number of ether oxygens (including phenoxy) is 2. The Morgan fingerprint density at radius 1 is 1.24 bits per heavy atom. The number of hydrogen-bond donors (Lipinski definition) is 3. The molecule has 0 aliphatic carbocycles. The molecule has 0 aliphatic heterocycles. The fourth-order valence-electron chi connectivity index (χ4n) is 1.73. The summed E-state index contributed by atoms with van der Waals surface area (Å²) in [6, 6.07) is 2.80. The highest BCUT2D eigenvalue weighted by atomic mass is 32.1. The van der Waals surface area contributed by atoms with E-state index in [1.807, 2.05) is 0 Å². The summed E-state index contributed by atoms with van der Waals surface area (Å²) in [5.41, 5.74) is -0.677. The predicted octanol–water partition coefficient (Wildman–Crippen LogP) is 1.41. The Morgan fingerprint density at radius 2 is 1.88 bits per heavy atom. The van der Waals surface area contributed by atoms with Gasteiger partial charge in [0.15, 0.2) is 0 Å². The molecule has 2 unspecified atom stereocenters. The van der Waals surface area contributed by atoms with Gasteiger partial charge in [0.05, 0.1) is 11.5 Å². The molecule has 0 radical (unpaired) electrons. The molecule has 3 N–H and O–H groups in total. The average molecular weight is 373 g/mol. The first-order valence-corrected chi connectivity index (χ1v) is 8.51. The summed E-state index contributed by atoms with van der Waals surface area (Å²) >= 11 is 0.872. The number of aliphatic hydroxyl groups excluding tert-OH is 2. The fraction of sp³-hybridized carbons (Fsp3) is 0.562. The second kappa shape index (κ2) is 8.93. The third-order valence-corrected chi connectivity index (χ3v) is 3.98. The summed E-state index contributed by atoms with van der Waals surface area (Å²) in [4.78, 5) is 35.1. The fourth-order valence-corrected chi connectivity index (χ4v) is 2.71. The first kappa shape index (κ1) is 21.1. The van der Waals surface area contributed by atoms with Crippen molar-refractivity contribution in [3.05, 3.63) is 21.9 Å². The van der Waals surface area contributed by atoms with E-state index in [1.165, 1.54) is 12.1 Å². The molecule has 140 valence electrons. The van der Waals surface area contributed by atoms with E-state index < -0.39 is 35.7 Å². The molecular formula is C16H23NO7S. The third-order valence-electron chi connectivity index (χ3n) is 2.82. The van der Waals surface area contributed by atoms with E-state index >= 15 is 0 Å². The number of rotatable bonds is 7. The SMILES string of the molecule is CCOC(=O)C(=O)c1ccc(C(O)C(O)CNC(=O)OC(C)(C)C)s1. The van der Waals surface area contributed by atoms with Crippen molar-refractivity contribution in [2.24, 2.45) is 0 Å². The molecule has 1 aromatic rings. The Morgan fingerprint density at radius 3 is 2.44 bits per heavy atom. The van der Waals surface area contributed by atoms with Crippen LogP contribution in [0.3, 0.4) is 0 Å². The molecule has 0 aliphatic rings. The van der Waals surface area contributed by atoms with E-state index in [4.69, 9.17) is 4.74 Å². The Balaban J connectivity index is 2.62. The lowest BCUT2D eigenvalue weighted by Gasteiger charge is -2.21. The minimum Gasteiger partial charge on any atom is -0.460 e. The molecule has 0 saturated carbocycles. The number of carbonyl (C=O) groups is 3. The number of alkyl carbamates (subject to hydrolysis) is 1. The number of aliphatic hydroxyl groups is 2. The van der Waals surface area contributed by atoms with Crippen LogP contribution in [0, 0.1) is 0 Å². The maximum absolute atomic E-state index is 11.8. The molecule has 0 bridgehead atoms. The molecule has 9 heteroatoms. The highest BCUT2D eigenvalue weighted by molar-refractivity contribution is 7.14. The van der Waals surface area contributed by atoms with Crippen LogP contribution in [0.15, 0.2) is 12.1 Å². The van der Waals surface area contributed by atoms with Crippen molar-refractivity contribution in [2.75, 3.05) is 13.2 Å². The first-order chi connectivity index (χ1) is 11.5. The smallest absolute Gasteiger partial charge is 0.407 e. The highest BCUT2D eigenvalue weighted by Gasteiger charge is 2.25. The van der Waals surface area contributed by atoms with Crippen molar-refractivity contribution in [3.8, 4) is 0 Å². The molecule has 0 spiro atoms. The van der Waals surface area contributed by atoms with E-state index in [2.05, 4.69) is 10.1 Å². The standard InChI is InChI=1S/C16H23NO7S/c1-5-23-14(21)13(20)11-7-6-10(25-11)12(19)9(18)8-17-15(22)24-16(2,3)4/h6-7,9,12,18-19H,5,8H2,1-4H3,(H,17,22). The zero-order valence-corrected chi connectivity index (χ0v) is 15.4. The molecule has 0 fully saturated rings. The summed E-state index contributed by atoms with van der Waals surface area (Å²) in [6.07, 6.45) is -3.36. The van der Waals surface area contributed by atoms with Gasteiger partial charge in [-0.2, -0.15) is 0 Å². The lowest BCUT2D eigenvalue weighted by Crippen LogP contribution is -2.38. The van der Waals surface area contributed by atoms with Crippen LogP contribution in [0.2, 0.25) is 0 Å². The van der Waals surface area contributed by atoms with Crippen LogP contribution in [-0.2, 0) is 14.3 Å². The van der Waals surface area contributed by atoms with Gasteiger partial charge >= 0.3 is 12.1 Å². The van der Waals surface area contributed by atoms with Crippen molar-refractivity contribution in [1.82, 2.24) is 5.32 Å². The number of esters is 1. The molecule has 0 saturated heterocycles. The molecule has 0 aromatic carbocycles. The van der Waals surface area contributed by atoms with Crippen LogP contribution < -0.4 is 5.32 Å². The quantitative estimate of drug-likeness (QED) is 0.375. The molecule has 1 aromatic heterocycles. The minimum absolute atomic E-state index is 0.0838. The molecular weight excluding hydrogens is 350 g/mol. The highest BCUT2D eigenvalue weighted by Crippen LogP contribution is 2.26. The molecule has 1 rings (SSSR count). The largest absolute Gasteiger partial charge is 0.460 e. The summed E-state index contributed by atoms with van der Waals surface area (Å²) in [7, 11) is 0. The number of hydrogen-bond acceptors (Lipinski definition) is 8. The Labute approximate surface area is 149 Å². The van der Waals surface area contributed by atoms with Crippen molar-refractivity contribution in [3.63, 3.8) is 0 Å². The van der Waals surface area contributed by atoms with Gasteiger partial charge in [-0.15, -0.1) is 11.3 Å². The maximum Gasteiger partial charge on any atom is 0.407 e. The van der Waals surface area contributed by atoms with Crippen molar-refractivity contribution >= 4 is 29.2 Å². The van der Waals surface area contributed by atoms with E-state index in [-0.39, 0.29) is 22.9 Å². The zero-order chi connectivity index (χ0) is 19.2. The molecule has 1 amide bonds. The van der Waals surface area contributed by atoms with Gasteiger partial charge in [-0.3, -0.25) is 4.79 Å². The van der Waals surface area contributed by atoms with Crippen LogP contribution in [0.4, 0.5) is 4.79 Å². The lowest BCUT2D eigenvalue weighted by atomic mass is 10.1. The van der Waals surface area contributed by atoms with E-state index in [0.29, 0.717) is 0 Å². The minimum atomic E-state index is -1.33. The van der Waals surface area contributed by atoms with E-state index in [0.717, 1.165) is 11.3 Å². The van der Waals surface area contributed by atoms with Gasteiger partial charge in [0.2, 0.25) is 0 Å². The molecule has 25 heavy (non-hydrogen) atoms. The summed E-state index contributed by atoms with van der Waals surface area (Å²) in [5.74, 6) is -1.79. The van der Waals surface area contributed by atoms with Crippen LogP contribution in [0.1, 0.15) is 48.3 Å². The van der Waals surface area contributed by atoms with E-state index in [1.54, 1.807) is 27.7 Å². The van der Waals surface area contributed by atoms with Crippen LogP contribution >= 0.6 is 11.3 Å². The van der Waals surface area contributed by atoms with Gasteiger partial charge in [-0.05, 0) is 39.8 Å². The second-order valence-electron chi connectivity index (χ2n) is 6.15. The zero-order valence-electron chi connectivity index (χ0n) is 14.6. The predicted molar refractivity (Wildman–Crippen MR) is 90.5 cm³/mol. The number of thiophene rings is 1. The average Bonchev–Trinajstić information content (AvgIpc) is 2.99. The van der Waals surface area contributed by atoms with Gasteiger partial charge in [0.1, 0.15) is 17.8 Å². The van der Waals surface area contributed by atoms with Gasteiger partial charge in [-0.25, -0.2) is 9.59 Å². The van der Waals surface area contributed by atoms with Crippen LogP contribution in [-0.4, -0.2) is 52.9 Å². The van der Waals surface area contributed by atoms with Crippen molar-refractivity contribution in [2.45, 2.75) is 45.5 Å². The topological polar surface area (TPSA) is 122 Å². The Hall–Kier alpha value is -1.97. The maximum atomic E-state index is 11.8. The number of ketones is 1. The number of carbonyl (C=O) groups excluding carboxylic acids is 3. The Bertz CT molecular complexity index is 620. The Kier molecular flexibility index (Phi) is 7.53. The molecule has 1 heterocycles. The summed E-state index contributed by atoms with van der Waals surface area (Å²) in [5, 5.41) is 22.4. The van der Waals surface area contributed by atoms with Crippen molar-refractivity contribution in [1.29, 1.82) is 0 Å². The molecule has 8 nitrogen and oxygen atoms in total. The van der Waals surface area contributed by atoms with Crippen LogP contribution in [0.25, 0.3) is 0 Å². The van der Waals surface area contributed by atoms with E-state index in [9.17, 15) is 24.6 Å². The normalized spacial score (nSPS) is 13.7. The number of amides is 1. The van der Waals surface area contributed by atoms with Crippen LogP contribution in [0.5, 0.6) is 0 Å².